The summed E-state index contributed by atoms with van der Waals surface area (Å²) in [5.74, 6) is 0. The van der Waals surface area contributed by atoms with Crippen molar-refractivity contribution in [1.82, 2.24) is 0 Å². The Balaban J connectivity index is 3.33. The molecule has 0 amide bonds. The molecule has 3 heteroatoms. The monoisotopic (exact) mass is 138 g/mol. The quantitative estimate of drug-likeness (QED) is 0.579. The van der Waals surface area contributed by atoms with Crippen molar-refractivity contribution in [2.75, 3.05) is 6.61 Å². The molecule has 0 saturated carbocycles. The van der Waals surface area contributed by atoms with Gasteiger partial charge in [0.1, 0.15) is 0 Å². The van der Waals surface area contributed by atoms with Gasteiger partial charge in [-0.1, -0.05) is 13.8 Å². The first-order chi connectivity index (χ1) is 4.12. The molecule has 0 bridgehead atoms. The largest absolute Gasteiger partial charge is 0.355 e. The molecular formula is C6H12F2O. The summed E-state index contributed by atoms with van der Waals surface area (Å²) >= 11 is 0. The van der Waals surface area contributed by atoms with Gasteiger partial charge in [-0.15, -0.1) is 0 Å². The van der Waals surface area contributed by atoms with Crippen molar-refractivity contribution in [1.29, 1.82) is 0 Å². The van der Waals surface area contributed by atoms with Gasteiger partial charge in [0.2, 0.25) is 0 Å². The molecule has 0 aliphatic carbocycles. The Labute approximate surface area is 54.0 Å². The molecule has 0 rings (SSSR count). The molecule has 0 saturated heterocycles. The van der Waals surface area contributed by atoms with Crippen LogP contribution < -0.4 is 0 Å². The summed E-state index contributed by atoms with van der Waals surface area (Å²) in [5.41, 5.74) is 0. The molecule has 0 atom stereocenters. The van der Waals surface area contributed by atoms with Crippen molar-refractivity contribution in [2.24, 2.45) is 0 Å². The molecule has 0 aliphatic rings. The van der Waals surface area contributed by atoms with Crippen LogP contribution in [0.5, 0.6) is 0 Å². The lowest BCUT2D eigenvalue weighted by Gasteiger charge is -2.12. The van der Waals surface area contributed by atoms with Crippen LogP contribution in [0, 0.1) is 0 Å². The lowest BCUT2D eigenvalue weighted by Crippen LogP contribution is -2.19. The van der Waals surface area contributed by atoms with Crippen molar-refractivity contribution < 1.29 is 13.5 Å². The van der Waals surface area contributed by atoms with Crippen molar-refractivity contribution >= 4 is 0 Å². The van der Waals surface area contributed by atoms with E-state index in [2.05, 4.69) is 4.74 Å². The average Bonchev–Trinajstić information content (AvgIpc) is 1.84. The minimum atomic E-state index is -2.91. The smallest absolute Gasteiger partial charge is 0.321 e. The SMILES string of the molecule is CCCOC(F)(F)CC. The molecule has 0 fully saturated rings. The Bertz CT molecular complexity index is 73.5. The number of hydrogen-bond donors (Lipinski definition) is 0. The molecular weight excluding hydrogens is 126 g/mol. The normalized spacial score (nSPS) is 12.0. The van der Waals surface area contributed by atoms with Crippen LogP contribution in [0.25, 0.3) is 0 Å². The van der Waals surface area contributed by atoms with E-state index in [0.29, 0.717) is 6.42 Å². The Morgan fingerprint density at radius 2 is 1.89 bits per heavy atom. The Kier molecular flexibility index (Phi) is 3.70. The molecule has 0 aromatic heterocycles. The van der Waals surface area contributed by atoms with E-state index in [4.69, 9.17) is 0 Å². The summed E-state index contributed by atoms with van der Waals surface area (Å²) < 4.78 is 28.4. The number of rotatable bonds is 4. The molecule has 0 radical (unpaired) electrons. The van der Waals surface area contributed by atoms with E-state index in [1.54, 1.807) is 6.92 Å². The lowest BCUT2D eigenvalue weighted by atomic mass is 10.4. The van der Waals surface area contributed by atoms with E-state index in [-0.39, 0.29) is 13.0 Å². The van der Waals surface area contributed by atoms with Crippen molar-refractivity contribution in [2.45, 2.75) is 32.8 Å². The van der Waals surface area contributed by atoms with Gasteiger partial charge in [0.15, 0.2) is 0 Å². The molecule has 0 spiro atoms. The topological polar surface area (TPSA) is 9.23 Å². The van der Waals surface area contributed by atoms with Crippen molar-refractivity contribution in [3.63, 3.8) is 0 Å². The predicted molar refractivity (Wildman–Crippen MR) is 31.5 cm³/mol. The fourth-order valence-electron chi connectivity index (χ4n) is 0.353. The van der Waals surface area contributed by atoms with Crippen LogP contribution in [0.1, 0.15) is 26.7 Å². The van der Waals surface area contributed by atoms with E-state index in [1.165, 1.54) is 6.92 Å². The molecule has 0 N–H and O–H groups in total. The molecule has 0 unspecified atom stereocenters. The fourth-order valence-corrected chi connectivity index (χ4v) is 0.353. The van der Waals surface area contributed by atoms with Crippen LogP contribution in [-0.2, 0) is 4.74 Å². The standard InChI is InChI=1S/C6H12F2O/c1-3-5-9-6(7,8)4-2/h3-5H2,1-2H3. The van der Waals surface area contributed by atoms with E-state index in [9.17, 15) is 8.78 Å². The molecule has 56 valence electrons. The van der Waals surface area contributed by atoms with Crippen LogP contribution in [0.3, 0.4) is 0 Å². The zero-order valence-electron chi connectivity index (χ0n) is 5.79. The second-order valence-corrected chi connectivity index (χ2v) is 1.84. The number of hydrogen-bond acceptors (Lipinski definition) is 1. The first-order valence-corrected chi connectivity index (χ1v) is 3.14. The second kappa shape index (κ2) is 3.77. The molecule has 0 aromatic rings. The van der Waals surface area contributed by atoms with E-state index < -0.39 is 6.11 Å². The summed E-state index contributed by atoms with van der Waals surface area (Å²) in [6, 6.07) is 0. The summed E-state index contributed by atoms with van der Waals surface area (Å²) in [4.78, 5) is 0. The maximum atomic E-state index is 12.1. The van der Waals surface area contributed by atoms with E-state index >= 15 is 0 Å². The highest BCUT2D eigenvalue weighted by atomic mass is 19.3. The highest BCUT2D eigenvalue weighted by Crippen LogP contribution is 2.18. The predicted octanol–water partition coefficient (Wildman–Crippen LogP) is 2.42. The Hall–Kier alpha value is -0.180. The molecule has 0 heterocycles. The van der Waals surface area contributed by atoms with Gasteiger partial charge in [0.25, 0.3) is 0 Å². The maximum Gasteiger partial charge on any atom is 0.355 e. The highest BCUT2D eigenvalue weighted by molar-refractivity contribution is 4.45. The molecule has 9 heavy (non-hydrogen) atoms. The van der Waals surface area contributed by atoms with Gasteiger partial charge in [-0.3, -0.25) is 0 Å². The van der Waals surface area contributed by atoms with Gasteiger partial charge in [0.05, 0.1) is 6.61 Å². The maximum absolute atomic E-state index is 12.1. The third kappa shape index (κ3) is 4.33. The third-order valence-electron chi connectivity index (χ3n) is 0.929. The van der Waals surface area contributed by atoms with Crippen LogP contribution in [0.15, 0.2) is 0 Å². The number of ether oxygens (including phenoxy) is 1. The van der Waals surface area contributed by atoms with Gasteiger partial charge in [0, 0.05) is 6.42 Å². The van der Waals surface area contributed by atoms with Gasteiger partial charge in [-0.05, 0) is 6.42 Å². The van der Waals surface area contributed by atoms with Crippen molar-refractivity contribution in [3.8, 4) is 0 Å². The summed E-state index contributed by atoms with van der Waals surface area (Å²) in [5, 5.41) is 0. The van der Waals surface area contributed by atoms with Crippen LogP contribution in [0.2, 0.25) is 0 Å². The van der Waals surface area contributed by atoms with Gasteiger partial charge in [-0.25, -0.2) is 0 Å². The zero-order chi connectivity index (χ0) is 7.33. The van der Waals surface area contributed by atoms with E-state index in [0.717, 1.165) is 0 Å². The minimum absolute atomic E-state index is 0.140. The Morgan fingerprint density at radius 1 is 1.33 bits per heavy atom. The Morgan fingerprint density at radius 3 is 2.22 bits per heavy atom. The summed E-state index contributed by atoms with van der Waals surface area (Å²) in [6.07, 6.45) is -2.52. The summed E-state index contributed by atoms with van der Waals surface area (Å²) in [6.45, 7) is 3.34. The van der Waals surface area contributed by atoms with Gasteiger partial charge in [-0.2, -0.15) is 8.78 Å². The fraction of sp³-hybridized carbons (Fsp3) is 1.00. The lowest BCUT2D eigenvalue weighted by molar-refractivity contribution is -0.239. The average molecular weight is 138 g/mol. The number of alkyl halides is 2. The highest BCUT2D eigenvalue weighted by Gasteiger charge is 2.25. The van der Waals surface area contributed by atoms with Crippen LogP contribution in [-0.4, -0.2) is 12.7 Å². The second-order valence-electron chi connectivity index (χ2n) is 1.84. The van der Waals surface area contributed by atoms with Crippen LogP contribution in [0.4, 0.5) is 8.78 Å². The first-order valence-electron chi connectivity index (χ1n) is 3.14. The summed E-state index contributed by atoms with van der Waals surface area (Å²) in [7, 11) is 0. The van der Waals surface area contributed by atoms with Crippen molar-refractivity contribution in [3.05, 3.63) is 0 Å². The number of halogens is 2. The zero-order valence-corrected chi connectivity index (χ0v) is 5.79. The van der Waals surface area contributed by atoms with Crippen LogP contribution >= 0.6 is 0 Å². The van der Waals surface area contributed by atoms with Gasteiger partial charge < -0.3 is 4.74 Å². The minimum Gasteiger partial charge on any atom is -0.321 e. The molecule has 1 nitrogen and oxygen atoms in total. The third-order valence-corrected chi connectivity index (χ3v) is 0.929. The molecule has 0 aliphatic heterocycles. The van der Waals surface area contributed by atoms with E-state index in [1.807, 2.05) is 0 Å². The molecule has 0 aromatic carbocycles. The first kappa shape index (κ1) is 8.82. The van der Waals surface area contributed by atoms with Gasteiger partial charge >= 0.3 is 6.11 Å².